The predicted octanol–water partition coefficient (Wildman–Crippen LogP) is 2.92. The molecule has 32 heavy (non-hydrogen) atoms. The fraction of sp³-hybridized carbons (Fsp3) is 0.423. The Morgan fingerprint density at radius 2 is 1.78 bits per heavy atom. The van der Waals surface area contributed by atoms with Crippen molar-refractivity contribution in [3.8, 4) is 11.1 Å². The second kappa shape index (κ2) is 9.55. The molecule has 3 amide bonds. The molecule has 2 aliphatic heterocycles. The van der Waals surface area contributed by atoms with Gasteiger partial charge >= 0.3 is 0 Å². The highest BCUT2D eigenvalue weighted by Crippen LogP contribution is 2.37. The fourth-order valence-electron chi connectivity index (χ4n) is 4.89. The van der Waals surface area contributed by atoms with Gasteiger partial charge in [0.05, 0.1) is 5.41 Å². The van der Waals surface area contributed by atoms with Crippen LogP contribution in [0.2, 0.25) is 0 Å². The lowest BCUT2D eigenvalue weighted by molar-refractivity contribution is -0.141. The predicted molar refractivity (Wildman–Crippen MR) is 124 cm³/mol. The van der Waals surface area contributed by atoms with E-state index in [1.165, 1.54) is 0 Å². The van der Waals surface area contributed by atoms with E-state index < -0.39 is 11.5 Å². The van der Waals surface area contributed by atoms with Crippen molar-refractivity contribution in [2.45, 2.75) is 45.1 Å². The van der Waals surface area contributed by atoms with E-state index in [-0.39, 0.29) is 17.7 Å². The molecule has 2 aromatic carbocycles. The second-order valence-electron chi connectivity index (χ2n) is 8.87. The molecule has 0 aromatic heterocycles. The smallest absolute Gasteiger partial charge is 0.245 e. The van der Waals surface area contributed by atoms with Crippen molar-refractivity contribution in [2.75, 3.05) is 19.6 Å². The van der Waals surface area contributed by atoms with Crippen molar-refractivity contribution in [2.24, 2.45) is 5.41 Å². The fourth-order valence-corrected chi connectivity index (χ4v) is 4.89. The van der Waals surface area contributed by atoms with Gasteiger partial charge in [0.1, 0.15) is 6.04 Å². The molecule has 0 spiro atoms. The van der Waals surface area contributed by atoms with Crippen molar-refractivity contribution in [1.82, 2.24) is 15.5 Å². The van der Waals surface area contributed by atoms with Crippen LogP contribution in [0.5, 0.6) is 0 Å². The number of hydrogen-bond donors (Lipinski definition) is 2. The number of nitrogens with zero attached hydrogens (tertiary/aromatic N) is 1. The van der Waals surface area contributed by atoms with Gasteiger partial charge in [0.2, 0.25) is 17.7 Å². The van der Waals surface area contributed by atoms with Gasteiger partial charge in [0.25, 0.3) is 0 Å². The van der Waals surface area contributed by atoms with E-state index >= 15 is 0 Å². The average molecular weight is 434 g/mol. The van der Waals surface area contributed by atoms with Gasteiger partial charge in [-0.25, -0.2) is 0 Å². The summed E-state index contributed by atoms with van der Waals surface area (Å²) in [6.07, 6.45) is 2.83. The van der Waals surface area contributed by atoms with E-state index in [9.17, 15) is 14.4 Å². The molecule has 6 heteroatoms. The van der Waals surface area contributed by atoms with Gasteiger partial charge in [-0.1, -0.05) is 54.6 Å². The number of amides is 3. The maximum Gasteiger partial charge on any atom is 0.245 e. The molecule has 2 aliphatic rings. The number of nitrogens with one attached hydrogen (secondary N) is 2. The third-order valence-electron chi connectivity index (χ3n) is 6.72. The van der Waals surface area contributed by atoms with Gasteiger partial charge in [-0.15, -0.1) is 0 Å². The largest absolute Gasteiger partial charge is 0.356 e. The summed E-state index contributed by atoms with van der Waals surface area (Å²) in [5.74, 6) is -0.0202. The second-order valence-corrected chi connectivity index (χ2v) is 8.87. The van der Waals surface area contributed by atoms with Gasteiger partial charge in [-0.05, 0) is 49.3 Å². The quantitative estimate of drug-likeness (QED) is 0.735. The Morgan fingerprint density at radius 1 is 1.06 bits per heavy atom. The first-order chi connectivity index (χ1) is 15.5. The molecule has 6 nitrogen and oxygen atoms in total. The standard InChI is InChI=1S/C26H31N3O3/c1-2-27-25(32)26(13-15-29(16-14-26)24(31)22-11-12-23(30)28-22)18-19-7-6-10-21(17-19)20-8-4-3-5-9-20/h3-10,17,22H,2,11-16,18H2,1H3,(H,27,32)(H,28,30). The summed E-state index contributed by atoms with van der Waals surface area (Å²) in [6, 6.07) is 18.2. The minimum atomic E-state index is -0.541. The van der Waals surface area contributed by atoms with Gasteiger partial charge in [0.15, 0.2) is 0 Å². The van der Waals surface area contributed by atoms with Gasteiger partial charge in [-0.2, -0.15) is 0 Å². The summed E-state index contributed by atoms with van der Waals surface area (Å²) in [7, 11) is 0. The molecule has 0 aliphatic carbocycles. The average Bonchev–Trinajstić information content (AvgIpc) is 3.26. The molecular formula is C26H31N3O3. The van der Waals surface area contributed by atoms with Crippen LogP contribution in [0, 0.1) is 5.41 Å². The lowest BCUT2D eigenvalue weighted by Gasteiger charge is -2.41. The Labute approximate surface area is 189 Å². The number of carbonyl (C=O) groups excluding carboxylic acids is 3. The van der Waals surface area contributed by atoms with Crippen molar-refractivity contribution >= 4 is 17.7 Å². The molecule has 1 atom stereocenters. The lowest BCUT2D eigenvalue weighted by Crippen LogP contribution is -2.54. The molecule has 0 bridgehead atoms. The first kappa shape index (κ1) is 22.1. The maximum absolute atomic E-state index is 13.2. The number of carbonyl (C=O) groups is 3. The summed E-state index contributed by atoms with van der Waals surface area (Å²) in [6.45, 7) is 3.58. The normalized spacial score (nSPS) is 20.0. The van der Waals surface area contributed by atoms with Gasteiger partial charge < -0.3 is 15.5 Å². The summed E-state index contributed by atoms with van der Waals surface area (Å²) in [5.41, 5.74) is 2.88. The van der Waals surface area contributed by atoms with Crippen molar-refractivity contribution in [3.63, 3.8) is 0 Å². The van der Waals surface area contributed by atoms with E-state index in [0.717, 1.165) is 16.7 Å². The maximum atomic E-state index is 13.2. The molecule has 168 valence electrons. The molecule has 4 rings (SSSR count). The number of piperidine rings is 1. The van der Waals surface area contributed by atoms with Crippen LogP contribution in [-0.2, 0) is 20.8 Å². The van der Waals surface area contributed by atoms with Crippen molar-refractivity contribution < 1.29 is 14.4 Å². The molecule has 2 N–H and O–H groups in total. The highest BCUT2D eigenvalue weighted by atomic mass is 16.2. The van der Waals surface area contributed by atoms with Crippen molar-refractivity contribution in [1.29, 1.82) is 0 Å². The third-order valence-corrected chi connectivity index (χ3v) is 6.72. The Balaban J connectivity index is 1.50. The Morgan fingerprint density at radius 3 is 2.44 bits per heavy atom. The van der Waals surface area contributed by atoms with Gasteiger partial charge in [0, 0.05) is 26.1 Å². The van der Waals surface area contributed by atoms with E-state index in [1.54, 1.807) is 0 Å². The molecule has 2 fully saturated rings. The number of likely N-dealkylation sites (tertiary alicyclic amines) is 1. The SMILES string of the molecule is CCNC(=O)C1(Cc2cccc(-c3ccccc3)c2)CCN(C(=O)C2CCC(=O)N2)CC1. The van der Waals surface area contributed by atoms with E-state index in [2.05, 4.69) is 41.0 Å². The summed E-state index contributed by atoms with van der Waals surface area (Å²) in [5, 5.41) is 5.80. The molecule has 2 heterocycles. The Hall–Kier alpha value is -3.15. The zero-order chi connectivity index (χ0) is 22.6. The summed E-state index contributed by atoms with van der Waals surface area (Å²) < 4.78 is 0. The Bertz CT molecular complexity index is 981. The van der Waals surface area contributed by atoms with Crippen LogP contribution in [0.4, 0.5) is 0 Å². The van der Waals surface area contributed by atoms with Crippen LogP contribution < -0.4 is 10.6 Å². The lowest BCUT2D eigenvalue weighted by atomic mass is 9.72. The van der Waals surface area contributed by atoms with Crippen LogP contribution in [0.3, 0.4) is 0 Å². The van der Waals surface area contributed by atoms with Gasteiger partial charge in [-0.3, -0.25) is 14.4 Å². The van der Waals surface area contributed by atoms with Crippen LogP contribution in [0.1, 0.15) is 38.2 Å². The zero-order valence-corrected chi connectivity index (χ0v) is 18.6. The summed E-state index contributed by atoms with van der Waals surface area (Å²) >= 11 is 0. The number of rotatable bonds is 6. The number of hydrogen-bond acceptors (Lipinski definition) is 3. The molecular weight excluding hydrogens is 402 g/mol. The Kier molecular flexibility index (Phi) is 6.58. The third kappa shape index (κ3) is 4.69. The number of benzene rings is 2. The minimum absolute atomic E-state index is 0.0218. The first-order valence-electron chi connectivity index (χ1n) is 11.5. The molecule has 1 unspecified atom stereocenters. The minimum Gasteiger partial charge on any atom is -0.356 e. The van der Waals surface area contributed by atoms with Crippen LogP contribution in [0.25, 0.3) is 11.1 Å². The van der Waals surface area contributed by atoms with E-state index in [1.807, 2.05) is 36.1 Å². The highest BCUT2D eigenvalue weighted by Gasteiger charge is 2.43. The van der Waals surface area contributed by atoms with Crippen LogP contribution in [0.15, 0.2) is 54.6 Å². The van der Waals surface area contributed by atoms with Crippen LogP contribution >= 0.6 is 0 Å². The molecule has 2 saturated heterocycles. The molecule has 0 saturated carbocycles. The van der Waals surface area contributed by atoms with Crippen LogP contribution in [-0.4, -0.2) is 48.3 Å². The van der Waals surface area contributed by atoms with E-state index in [4.69, 9.17) is 0 Å². The zero-order valence-electron chi connectivity index (χ0n) is 18.6. The first-order valence-corrected chi connectivity index (χ1v) is 11.5. The van der Waals surface area contributed by atoms with Crippen molar-refractivity contribution in [3.05, 3.63) is 60.2 Å². The highest BCUT2D eigenvalue weighted by molar-refractivity contribution is 5.91. The summed E-state index contributed by atoms with van der Waals surface area (Å²) in [4.78, 5) is 39.3. The monoisotopic (exact) mass is 433 g/mol. The van der Waals surface area contributed by atoms with E-state index in [0.29, 0.717) is 51.7 Å². The molecule has 0 radical (unpaired) electrons. The molecule has 2 aromatic rings. The topological polar surface area (TPSA) is 78.5 Å².